The lowest BCUT2D eigenvalue weighted by Crippen LogP contribution is -2.16. The number of para-hydroxylation sites is 1. The van der Waals surface area contributed by atoms with Gasteiger partial charge in [0.25, 0.3) is 0 Å². The van der Waals surface area contributed by atoms with E-state index in [0.29, 0.717) is 34.3 Å². The van der Waals surface area contributed by atoms with Gasteiger partial charge < -0.3 is 10.5 Å². The highest BCUT2D eigenvalue weighted by Crippen LogP contribution is 2.34. The third-order valence-corrected chi connectivity index (χ3v) is 6.42. The lowest BCUT2D eigenvalue weighted by molar-refractivity contribution is 0.202. The van der Waals surface area contributed by atoms with Crippen molar-refractivity contribution in [3.05, 3.63) is 47.2 Å². The Hall–Kier alpha value is -2.67. The molecule has 2 N–H and O–H groups in total. The lowest BCUT2D eigenvalue weighted by atomic mass is 9.90. The number of nitrogen functional groups attached to an aromatic ring is 1. The van der Waals surface area contributed by atoms with Crippen molar-refractivity contribution in [2.75, 3.05) is 12.3 Å². The molecule has 0 amide bonds. The Bertz CT molecular complexity index is 1180. The van der Waals surface area contributed by atoms with Crippen molar-refractivity contribution in [1.29, 1.82) is 0 Å². The molecule has 0 radical (unpaired) electrons. The summed E-state index contributed by atoms with van der Waals surface area (Å²) >= 11 is 3.54. The molecule has 0 unspecified atom stereocenters. The Kier molecular flexibility index (Phi) is 4.83. The second kappa shape index (κ2) is 7.63. The van der Waals surface area contributed by atoms with Crippen molar-refractivity contribution in [3.8, 4) is 17.0 Å². The van der Waals surface area contributed by atoms with E-state index < -0.39 is 0 Å². The van der Waals surface area contributed by atoms with E-state index in [1.807, 2.05) is 24.4 Å². The number of rotatable bonds is 4. The van der Waals surface area contributed by atoms with Gasteiger partial charge in [0.15, 0.2) is 5.65 Å². The maximum atomic E-state index is 6.33. The summed E-state index contributed by atoms with van der Waals surface area (Å²) in [6.07, 6.45) is 9.96. The molecule has 6 nitrogen and oxygen atoms in total. The van der Waals surface area contributed by atoms with Crippen molar-refractivity contribution in [3.63, 3.8) is 0 Å². The molecular formula is C22H22BrN5O. The number of ether oxygens (including phenoxy) is 1. The molecule has 29 heavy (non-hydrogen) atoms. The van der Waals surface area contributed by atoms with Crippen LogP contribution in [0.3, 0.4) is 0 Å². The fourth-order valence-electron chi connectivity index (χ4n) is 4.04. The molecule has 1 aromatic carbocycles. The van der Waals surface area contributed by atoms with E-state index in [2.05, 4.69) is 38.1 Å². The molecule has 3 aromatic heterocycles. The van der Waals surface area contributed by atoms with Crippen LogP contribution in [0.15, 0.2) is 47.2 Å². The summed E-state index contributed by atoms with van der Waals surface area (Å²) in [6.45, 7) is 0.669. The summed E-state index contributed by atoms with van der Waals surface area (Å²) in [7, 11) is 0. The summed E-state index contributed by atoms with van der Waals surface area (Å²) in [5, 5.41) is 5.51. The number of aromatic nitrogens is 4. The first-order chi connectivity index (χ1) is 14.2. The topological polar surface area (TPSA) is 78.3 Å². The molecule has 1 aliphatic carbocycles. The fourth-order valence-corrected chi connectivity index (χ4v) is 4.41. The second-order valence-electron chi connectivity index (χ2n) is 7.64. The van der Waals surface area contributed by atoms with Crippen LogP contribution in [-0.2, 0) is 0 Å². The molecule has 0 aliphatic heterocycles. The Morgan fingerprint density at radius 2 is 1.97 bits per heavy atom. The smallest absolute Gasteiger partial charge is 0.233 e. The highest BCUT2D eigenvalue weighted by Gasteiger charge is 2.20. The third kappa shape index (κ3) is 3.44. The largest absolute Gasteiger partial charge is 0.476 e. The minimum absolute atomic E-state index is 0.480. The number of benzene rings is 1. The average Bonchev–Trinajstić information content (AvgIpc) is 3.19. The van der Waals surface area contributed by atoms with Crippen LogP contribution in [0.4, 0.5) is 5.82 Å². The molecule has 148 valence electrons. The van der Waals surface area contributed by atoms with Crippen LogP contribution in [0.5, 0.6) is 5.88 Å². The Labute approximate surface area is 177 Å². The van der Waals surface area contributed by atoms with Gasteiger partial charge in [0.2, 0.25) is 5.88 Å². The molecule has 4 aromatic rings. The molecule has 0 bridgehead atoms. The summed E-state index contributed by atoms with van der Waals surface area (Å²) in [4.78, 5) is 9.33. The Balaban J connectivity index is 1.53. The number of nitrogens with two attached hydrogens (primary N) is 1. The molecule has 0 saturated heterocycles. The number of fused-ring (bicyclic) bond motifs is 2. The number of pyridine rings is 1. The van der Waals surface area contributed by atoms with Gasteiger partial charge in [0, 0.05) is 22.7 Å². The van der Waals surface area contributed by atoms with Crippen molar-refractivity contribution in [1.82, 2.24) is 19.6 Å². The molecular weight excluding hydrogens is 430 g/mol. The second-order valence-corrected chi connectivity index (χ2v) is 8.43. The Morgan fingerprint density at radius 3 is 2.83 bits per heavy atom. The van der Waals surface area contributed by atoms with Crippen LogP contribution in [0.2, 0.25) is 0 Å². The summed E-state index contributed by atoms with van der Waals surface area (Å²) in [6, 6.07) is 10.1. The van der Waals surface area contributed by atoms with Crippen LogP contribution in [0.1, 0.15) is 32.1 Å². The van der Waals surface area contributed by atoms with Crippen LogP contribution in [0, 0.1) is 5.92 Å². The maximum Gasteiger partial charge on any atom is 0.233 e. The molecule has 1 saturated carbocycles. The van der Waals surface area contributed by atoms with Gasteiger partial charge in [0.05, 0.1) is 18.3 Å². The van der Waals surface area contributed by atoms with Crippen LogP contribution in [0.25, 0.3) is 27.7 Å². The zero-order valence-electron chi connectivity index (χ0n) is 16.0. The molecule has 3 heterocycles. The minimum Gasteiger partial charge on any atom is -0.476 e. The van der Waals surface area contributed by atoms with Crippen LogP contribution < -0.4 is 10.5 Å². The third-order valence-electron chi connectivity index (χ3n) is 5.67. The van der Waals surface area contributed by atoms with Crippen molar-refractivity contribution < 1.29 is 4.74 Å². The van der Waals surface area contributed by atoms with E-state index in [4.69, 9.17) is 15.5 Å². The number of hydrogen-bond donors (Lipinski definition) is 1. The van der Waals surface area contributed by atoms with E-state index in [9.17, 15) is 0 Å². The molecule has 7 heteroatoms. The van der Waals surface area contributed by atoms with E-state index in [-0.39, 0.29) is 0 Å². The lowest BCUT2D eigenvalue weighted by Gasteiger charge is -2.21. The van der Waals surface area contributed by atoms with Gasteiger partial charge in [-0.1, -0.05) is 37.5 Å². The highest BCUT2D eigenvalue weighted by molar-refractivity contribution is 9.10. The predicted molar refractivity (Wildman–Crippen MR) is 118 cm³/mol. The average molecular weight is 452 g/mol. The van der Waals surface area contributed by atoms with E-state index in [1.54, 1.807) is 10.7 Å². The fraction of sp³-hybridized carbons (Fsp3) is 0.318. The summed E-state index contributed by atoms with van der Waals surface area (Å²) in [5.74, 6) is 1.59. The van der Waals surface area contributed by atoms with Crippen LogP contribution in [-0.4, -0.2) is 26.2 Å². The number of nitrogens with zero attached hydrogens (tertiary/aromatic N) is 4. The number of anilines is 1. The van der Waals surface area contributed by atoms with Gasteiger partial charge in [0.1, 0.15) is 10.3 Å². The van der Waals surface area contributed by atoms with E-state index in [0.717, 1.165) is 22.0 Å². The molecule has 0 spiro atoms. The zero-order chi connectivity index (χ0) is 19.8. The van der Waals surface area contributed by atoms with E-state index in [1.165, 1.54) is 32.1 Å². The zero-order valence-corrected chi connectivity index (χ0v) is 17.6. The number of halogens is 1. The predicted octanol–water partition coefficient (Wildman–Crippen LogP) is 5.25. The first kappa shape index (κ1) is 18.4. The number of hydrogen-bond acceptors (Lipinski definition) is 5. The molecule has 1 aliphatic rings. The normalized spacial score (nSPS) is 15.2. The van der Waals surface area contributed by atoms with Crippen molar-refractivity contribution >= 4 is 38.3 Å². The standard InChI is InChI=1S/C22H22BrN5O/c23-19-20(24)28-21(27-22(19)29-13-14-6-2-1-3-7-14)17(12-26-28)16-10-15-8-4-5-9-18(15)25-11-16/h4-5,8-12,14H,1-3,6-7,13,24H2. The van der Waals surface area contributed by atoms with Gasteiger partial charge in [-0.2, -0.15) is 14.6 Å². The van der Waals surface area contributed by atoms with Gasteiger partial charge in [-0.15, -0.1) is 0 Å². The first-order valence-electron chi connectivity index (χ1n) is 10.0. The Morgan fingerprint density at radius 1 is 1.14 bits per heavy atom. The van der Waals surface area contributed by atoms with Gasteiger partial charge in [-0.25, -0.2) is 0 Å². The molecule has 1 fully saturated rings. The maximum absolute atomic E-state index is 6.33. The van der Waals surface area contributed by atoms with Crippen LogP contribution >= 0.6 is 15.9 Å². The quantitative estimate of drug-likeness (QED) is 0.458. The van der Waals surface area contributed by atoms with Crippen molar-refractivity contribution in [2.45, 2.75) is 32.1 Å². The minimum atomic E-state index is 0.480. The van der Waals surface area contributed by atoms with E-state index >= 15 is 0 Å². The highest BCUT2D eigenvalue weighted by atomic mass is 79.9. The summed E-state index contributed by atoms with van der Waals surface area (Å²) < 4.78 is 8.39. The SMILES string of the molecule is Nc1c(Br)c(OCC2CCCCC2)nc2c(-c3cnc4ccccc4c3)cnn12. The summed E-state index contributed by atoms with van der Waals surface area (Å²) in [5.41, 5.74) is 9.78. The van der Waals surface area contributed by atoms with Gasteiger partial charge >= 0.3 is 0 Å². The van der Waals surface area contributed by atoms with Gasteiger partial charge in [-0.3, -0.25) is 4.98 Å². The van der Waals surface area contributed by atoms with Gasteiger partial charge in [-0.05, 0) is 46.8 Å². The molecule has 5 rings (SSSR count). The first-order valence-corrected chi connectivity index (χ1v) is 10.8. The monoisotopic (exact) mass is 451 g/mol. The molecule has 0 atom stereocenters. The van der Waals surface area contributed by atoms with Crippen molar-refractivity contribution in [2.24, 2.45) is 5.92 Å².